The molecule has 1 aliphatic carbocycles. The fraction of sp³-hybridized carbons (Fsp3) is 0.750. The average molecular weight is 126 g/mol. The average Bonchev–Trinajstić information content (AvgIpc) is 1.76. The van der Waals surface area contributed by atoms with E-state index in [-0.39, 0.29) is 0 Å². The predicted molar refractivity (Wildman–Crippen MR) is 38.1 cm³/mol. The Morgan fingerprint density at radius 3 is 2.78 bits per heavy atom. The molecule has 0 atom stereocenters. The molecule has 0 N–H and O–H groups in total. The minimum absolute atomic E-state index is 0.869. The van der Waals surface area contributed by atoms with Gasteiger partial charge in [0, 0.05) is 0 Å². The molecule has 0 aromatic carbocycles. The molecule has 0 spiro atoms. The first-order valence-corrected chi connectivity index (χ1v) is 3.66. The molecule has 0 aliphatic heterocycles. The van der Waals surface area contributed by atoms with Crippen molar-refractivity contribution in [2.75, 3.05) is 6.61 Å². The molecule has 0 amide bonds. The van der Waals surface area contributed by atoms with Crippen molar-refractivity contribution in [2.45, 2.75) is 25.7 Å². The van der Waals surface area contributed by atoms with Crippen molar-refractivity contribution >= 4 is 0 Å². The molecule has 1 nitrogen and oxygen atoms in total. The first-order valence-electron chi connectivity index (χ1n) is 3.66. The van der Waals surface area contributed by atoms with Crippen LogP contribution in [0.3, 0.4) is 0 Å². The van der Waals surface area contributed by atoms with E-state index in [1.165, 1.54) is 31.9 Å². The molecule has 0 aromatic rings. The number of ether oxygens (including phenoxy) is 1. The van der Waals surface area contributed by atoms with Crippen molar-refractivity contribution in [1.29, 1.82) is 0 Å². The predicted octanol–water partition coefficient (Wildman–Crippen LogP) is 2.34. The van der Waals surface area contributed by atoms with Crippen molar-refractivity contribution in [1.82, 2.24) is 0 Å². The van der Waals surface area contributed by atoms with Crippen LogP contribution in [0.1, 0.15) is 25.7 Å². The highest BCUT2D eigenvalue weighted by molar-refractivity contribution is 4.69. The second-order valence-electron chi connectivity index (χ2n) is 2.62. The van der Waals surface area contributed by atoms with Crippen LogP contribution in [0.2, 0.25) is 0 Å². The summed E-state index contributed by atoms with van der Waals surface area (Å²) < 4.78 is 5.00. The lowest BCUT2D eigenvalue weighted by atomic mass is 9.83. The van der Waals surface area contributed by atoms with E-state index in [1.807, 2.05) is 0 Å². The third-order valence-electron chi connectivity index (χ3n) is 1.99. The Morgan fingerprint density at radius 1 is 1.56 bits per heavy atom. The van der Waals surface area contributed by atoms with Gasteiger partial charge in [-0.2, -0.15) is 0 Å². The highest BCUT2D eigenvalue weighted by atomic mass is 16.5. The largest absolute Gasteiger partial charge is 0.502 e. The first-order chi connectivity index (χ1) is 4.43. The molecule has 9 heavy (non-hydrogen) atoms. The lowest BCUT2D eigenvalue weighted by molar-refractivity contribution is 0.187. The van der Waals surface area contributed by atoms with Crippen LogP contribution in [0.4, 0.5) is 0 Å². The summed E-state index contributed by atoms with van der Waals surface area (Å²) in [5.41, 5.74) is 0. The van der Waals surface area contributed by atoms with E-state index < -0.39 is 0 Å². The maximum Gasteiger partial charge on any atom is 0.0875 e. The molecule has 1 fully saturated rings. The van der Waals surface area contributed by atoms with Gasteiger partial charge < -0.3 is 4.74 Å². The summed E-state index contributed by atoms with van der Waals surface area (Å²) in [6.45, 7) is 4.35. The summed E-state index contributed by atoms with van der Waals surface area (Å²) in [4.78, 5) is 0. The van der Waals surface area contributed by atoms with Crippen LogP contribution in [0.5, 0.6) is 0 Å². The van der Waals surface area contributed by atoms with Gasteiger partial charge in [0.05, 0.1) is 12.9 Å². The highest BCUT2D eigenvalue weighted by Gasteiger charge is 2.16. The molecular weight excluding hydrogens is 112 g/mol. The van der Waals surface area contributed by atoms with Crippen LogP contribution in [-0.2, 0) is 4.74 Å². The van der Waals surface area contributed by atoms with Gasteiger partial charge in [-0.05, 0) is 12.3 Å². The Hall–Kier alpha value is -0.460. The third-order valence-corrected chi connectivity index (χ3v) is 1.99. The van der Waals surface area contributed by atoms with Gasteiger partial charge in [0.25, 0.3) is 0 Å². The normalized spacial score (nSPS) is 18.7. The minimum Gasteiger partial charge on any atom is -0.502 e. The van der Waals surface area contributed by atoms with Crippen LogP contribution in [0, 0.1) is 5.92 Å². The number of rotatable bonds is 4. The van der Waals surface area contributed by atoms with Gasteiger partial charge in [-0.3, -0.25) is 0 Å². The molecule has 1 aliphatic rings. The topological polar surface area (TPSA) is 9.23 Å². The van der Waals surface area contributed by atoms with E-state index in [0.29, 0.717) is 0 Å². The van der Waals surface area contributed by atoms with E-state index in [0.717, 1.165) is 12.5 Å². The van der Waals surface area contributed by atoms with E-state index in [1.54, 1.807) is 0 Å². The third kappa shape index (κ3) is 2.08. The fourth-order valence-corrected chi connectivity index (χ4v) is 1.10. The molecule has 1 saturated carbocycles. The Kier molecular flexibility index (Phi) is 2.62. The molecule has 0 unspecified atom stereocenters. The van der Waals surface area contributed by atoms with E-state index >= 15 is 0 Å². The second-order valence-corrected chi connectivity index (χ2v) is 2.62. The molecule has 0 radical (unpaired) electrons. The zero-order valence-corrected chi connectivity index (χ0v) is 5.81. The summed E-state index contributed by atoms with van der Waals surface area (Å²) in [7, 11) is 0. The number of hydrogen-bond donors (Lipinski definition) is 0. The zero-order chi connectivity index (χ0) is 6.53. The van der Waals surface area contributed by atoms with Crippen molar-refractivity contribution in [3.63, 3.8) is 0 Å². The smallest absolute Gasteiger partial charge is 0.0875 e. The second kappa shape index (κ2) is 3.54. The molecule has 0 aromatic heterocycles. The Bertz CT molecular complexity index is 84.6. The first kappa shape index (κ1) is 6.66. The summed E-state index contributed by atoms with van der Waals surface area (Å²) in [6, 6.07) is 0. The lowest BCUT2D eigenvalue weighted by Crippen LogP contribution is -2.12. The Labute approximate surface area is 56.7 Å². The molecular formula is C8H14O. The zero-order valence-electron chi connectivity index (χ0n) is 5.81. The SMILES string of the molecule is C=COCCC1CCC1. The van der Waals surface area contributed by atoms with Gasteiger partial charge in [0.15, 0.2) is 0 Å². The molecule has 1 heteroatoms. The van der Waals surface area contributed by atoms with Gasteiger partial charge in [-0.25, -0.2) is 0 Å². The molecule has 1 rings (SSSR count). The van der Waals surface area contributed by atoms with Crippen LogP contribution >= 0.6 is 0 Å². The molecule has 0 heterocycles. The van der Waals surface area contributed by atoms with Crippen LogP contribution in [0.25, 0.3) is 0 Å². The van der Waals surface area contributed by atoms with Crippen molar-refractivity contribution in [2.24, 2.45) is 5.92 Å². The van der Waals surface area contributed by atoms with Gasteiger partial charge in [0.1, 0.15) is 0 Å². The van der Waals surface area contributed by atoms with Crippen molar-refractivity contribution in [3.8, 4) is 0 Å². The van der Waals surface area contributed by atoms with Crippen molar-refractivity contribution < 1.29 is 4.74 Å². The standard InChI is InChI=1S/C8H14O/c1-2-9-7-6-8-4-3-5-8/h2,8H,1,3-7H2. The summed E-state index contributed by atoms with van der Waals surface area (Å²) >= 11 is 0. The van der Waals surface area contributed by atoms with Crippen LogP contribution < -0.4 is 0 Å². The quantitative estimate of drug-likeness (QED) is 0.415. The maximum atomic E-state index is 5.00. The molecule has 52 valence electrons. The lowest BCUT2D eigenvalue weighted by Gasteiger charge is -2.24. The minimum atomic E-state index is 0.869. The van der Waals surface area contributed by atoms with E-state index in [4.69, 9.17) is 4.74 Å². The Morgan fingerprint density at radius 2 is 2.33 bits per heavy atom. The van der Waals surface area contributed by atoms with E-state index in [2.05, 4.69) is 6.58 Å². The van der Waals surface area contributed by atoms with Crippen LogP contribution in [-0.4, -0.2) is 6.61 Å². The van der Waals surface area contributed by atoms with Crippen LogP contribution in [0.15, 0.2) is 12.8 Å². The van der Waals surface area contributed by atoms with Gasteiger partial charge in [0.2, 0.25) is 0 Å². The van der Waals surface area contributed by atoms with Crippen molar-refractivity contribution in [3.05, 3.63) is 12.8 Å². The highest BCUT2D eigenvalue weighted by Crippen LogP contribution is 2.28. The van der Waals surface area contributed by atoms with Gasteiger partial charge in [-0.1, -0.05) is 25.8 Å². The monoisotopic (exact) mass is 126 g/mol. The number of hydrogen-bond acceptors (Lipinski definition) is 1. The summed E-state index contributed by atoms with van der Waals surface area (Å²) in [5.74, 6) is 0.963. The summed E-state index contributed by atoms with van der Waals surface area (Å²) in [6.07, 6.45) is 7.02. The fourth-order valence-electron chi connectivity index (χ4n) is 1.10. The maximum absolute atomic E-state index is 5.00. The Balaban J connectivity index is 1.85. The van der Waals surface area contributed by atoms with E-state index in [9.17, 15) is 0 Å². The van der Waals surface area contributed by atoms with Gasteiger partial charge in [-0.15, -0.1) is 0 Å². The summed E-state index contributed by atoms with van der Waals surface area (Å²) in [5, 5.41) is 0. The molecule has 0 bridgehead atoms. The molecule has 0 saturated heterocycles. The van der Waals surface area contributed by atoms with Gasteiger partial charge >= 0.3 is 0 Å².